The Morgan fingerprint density at radius 2 is 1.63 bits per heavy atom. The number of nitrogens with one attached hydrogen (secondary N) is 1. The molecule has 0 spiro atoms. The highest BCUT2D eigenvalue weighted by atomic mass is 16.4. The Morgan fingerprint density at radius 3 is 2.26 bits per heavy atom. The maximum absolute atomic E-state index is 10.7. The molecule has 2 rings (SSSR count). The zero-order chi connectivity index (χ0) is 13.5. The first-order valence-electron chi connectivity index (χ1n) is 6.32. The smallest absolute Gasteiger partial charge is 0.335 e. The number of carboxylic acids is 1. The molecule has 0 heterocycles. The van der Waals surface area contributed by atoms with Gasteiger partial charge >= 0.3 is 5.97 Å². The molecule has 0 aliphatic carbocycles. The SMILES string of the molecule is O=C(O)c1ccc(CCNCc2ccccc2)cc1. The molecule has 0 amide bonds. The maximum atomic E-state index is 10.7. The van der Waals surface area contributed by atoms with Crippen LogP contribution in [0, 0.1) is 0 Å². The Bertz CT molecular complexity index is 520. The summed E-state index contributed by atoms with van der Waals surface area (Å²) in [5.74, 6) is -0.881. The molecule has 2 N–H and O–H groups in total. The van der Waals surface area contributed by atoms with Crippen molar-refractivity contribution in [2.24, 2.45) is 0 Å². The van der Waals surface area contributed by atoms with Crippen molar-refractivity contribution < 1.29 is 9.90 Å². The molecule has 0 fully saturated rings. The monoisotopic (exact) mass is 255 g/mol. The number of hydrogen-bond donors (Lipinski definition) is 2. The maximum Gasteiger partial charge on any atom is 0.335 e. The Kier molecular flexibility index (Phi) is 4.70. The van der Waals surface area contributed by atoms with Crippen LogP contribution in [0.25, 0.3) is 0 Å². The van der Waals surface area contributed by atoms with Gasteiger partial charge in [0.1, 0.15) is 0 Å². The van der Waals surface area contributed by atoms with Crippen LogP contribution in [0.1, 0.15) is 21.5 Å². The zero-order valence-corrected chi connectivity index (χ0v) is 10.7. The van der Waals surface area contributed by atoms with Gasteiger partial charge in [-0.1, -0.05) is 42.5 Å². The third-order valence-electron chi connectivity index (χ3n) is 2.96. The minimum atomic E-state index is -0.881. The summed E-state index contributed by atoms with van der Waals surface area (Å²) < 4.78 is 0. The van der Waals surface area contributed by atoms with E-state index in [0.29, 0.717) is 5.56 Å². The van der Waals surface area contributed by atoms with Crippen LogP contribution in [-0.4, -0.2) is 17.6 Å². The molecule has 0 unspecified atom stereocenters. The van der Waals surface area contributed by atoms with Crippen molar-refractivity contribution in [1.29, 1.82) is 0 Å². The van der Waals surface area contributed by atoms with Crippen molar-refractivity contribution in [3.63, 3.8) is 0 Å². The number of benzene rings is 2. The van der Waals surface area contributed by atoms with Crippen LogP contribution in [-0.2, 0) is 13.0 Å². The van der Waals surface area contributed by atoms with Crippen LogP contribution in [0.4, 0.5) is 0 Å². The van der Waals surface area contributed by atoms with Gasteiger partial charge in [0.15, 0.2) is 0 Å². The van der Waals surface area contributed by atoms with Crippen molar-refractivity contribution in [2.75, 3.05) is 6.54 Å². The molecule has 2 aromatic rings. The lowest BCUT2D eigenvalue weighted by molar-refractivity contribution is 0.0697. The summed E-state index contributed by atoms with van der Waals surface area (Å²) in [6, 6.07) is 17.3. The molecule has 3 heteroatoms. The molecule has 0 aromatic heterocycles. The highest BCUT2D eigenvalue weighted by molar-refractivity contribution is 5.87. The predicted octanol–water partition coefficient (Wildman–Crippen LogP) is 2.72. The third kappa shape index (κ3) is 4.23. The lowest BCUT2D eigenvalue weighted by Crippen LogP contribution is -2.16. The lowest BCUT2D eigenvalue weighted by atomic mass is 10.1. The van der Waals surface area contributed by atoms with Gasteiger partial charge in [0.05, 0.1) is 5.56 Å². The van der Waals surface area contributed by atoms with Gasteiger partial charge in [0.2, 0.25) is 0 Å². The number of carboxylic acid groups (broad SMARTS) is 1. The van der Waals surface area contributed by atoms with Crippen molar-refractivity contribution in [2.45, 2.75) is 13.0 Å². The third-order valence-corrected chi connectivity index (χ3v) is 2.96. The van der Waals surface area contributed by atoms with E-state index in [1.165, 1.54) is 5.56 Å². The Labute approximate surface area is 112 Å². The van der Waals surface area contributed by atoms with Crippen molar-refractivity contribution in [3.05, 3.63) is 71.3 Å². The summed E-state index contributed by atoms with van der Waals surface area (Å²) in [6.07, 6.45) is 0.896. The number of hydrogen-bond acceptors (Lipinski definition) is 2. The summed E-state index contributed by atoms with van der Waals surface area (Å²) in [6.45, 7) is 1.73. The molecule has 0 radical (unpaired) electrons. The second-order valence-electron chi connectivity index (χ2n) is 4.41. The largest absolute Gasteiger partial charge is 0.478 e. The molecule has 19 heavy (non-hydrogen) atoms. The molecule has 0 aliphatic heterocycles. The minimum Gasteiger partial charge on any atom is -0.478 e. The van der Waals surface area contributed by atoms with Crippen molar-refractivity contribution in [1.82, 2.24) is 5.32 Å². The molecule has 2 aromatic carbocycles. The molecule has 0 atom stereocenters. The van der Waals surface area contributed by atoms with Gasteiger partial charge in [0, 0.05) is 6.54 Å². The van der Waals surface area contributed by atoms with Crippen molar-refractivity contribution in [3.8, 4) is 0 Å². The van der Waals surface area contributed by atoms with Crippen LogP contribution in [0.5, 0.6) is 0 Å². The van der Waals surface area contributed by atoms with E-state index in [1.54, 1.807) is 12.1 Å². The van der Waals surface area contributed by atoms with E-state index in [2.05, 4.69) is 17.4 Å². The molecular weight excluding hydrogens is 238 g/mol. The molecule has 3 nitrogen and oxygen atoms in total. The first-order valence-corrected chi connectivity index (χ1v) is 6.32. The number of carbonyl (C=O) groups is 1. The fourth-order valence-corrected chi connectivity index (χ4v) is 1.88. The van der Waals surface area contributed by atoms with Crippen LogP contribution < -0.4 is 5.32 Å². The van der Waals surface area contributed by atoms with E-state index in [0.717, 1.165) is 25.1 Å². The van der Waals surface area contributed by atoms with Crippen LogP contribution >= 0.6 is 0 Å². The summed E-state index contributed by atoms with van der Waals surface area (Å²) in [5, 5.41) is 12.2. The van der Waals surface area contributed by atoms with Gasteiger partial charge in [-0.25, -0.2) is 4.79 Å². The first kappa shape index (κ1) is 13.3. The zero-order valence-electron chi connectivity index (χ0n) is 10.7. The van der Waals surface area contributed by atoms with E-state index < -0.39 is 5.97 Å². The van der Waals surface area contributed by atoms with E-state index in [4.69, 9.17) is 5.11 Å². The number of aromatic carboxylic acids is 1. The molecule has 98 valence electrons. The van der Waals surface area contributed by atoms with Gasteiger partial charge in [-0.15, -0.1) is 0 Å². The fraction of sp³-hybridized carbons (Fsp3) is 0.188. The van der Waals surface area contributed by atoms with Crippen LogP contribution in [0.2, 0.25) is 0 Å². The topological polar surface area (TPSA) is 49.3 Å². The molecule has 0 saturated heterocycles. The summed E-state index contributed by atoms with van der Waals surface area (Å²) in [4.78, 5) is 10.7. The van der Waals surface area contributed by atoms with Gasteiger partial charge < -0.3 is 10.4 Å². The Morgan fingerprint density at radius 1 is 0.947 bits per heavy atom. The average molecular weight is 255 g/mol. The molecular formula is C16H17NO2. The lowest BCUT2D eigenvalue weighted by Gasteiger charge is -2.05. The quantitative estimate of drug-likeness (QED) is 0.780. The molecule has 0 saturated carbocycles. The molecule has 0 bridgehead atoms. The Hall–Kier alpha value is -2.13. The van der Waals surface area contributed by atoms with Crippen LogP contribution in [0.3, 0.4) is 0 Å². The standard InChI is InChI=1S/C16H17NO2/c18-16(19)15-8-6-13(7-9-15)10-11-17-12-14-4-2-1-3-5-14/h1-9,17H,10-12H2,(H,18,19). The van der Waals surface area contributed by atoms with E-state index in [9.17, 15) is 4.79 Å². The van der Waals surface area contributed by atoms with E-state index in [-0.39, 0.29) is 0 Å². The van der Waals surface area contributed by atoms with E-state index >= 15 is 0 Å². The first-order chi connectivity index (χ1) is 9.25. The van der Waals surface area contributed by atoms with Gasteiger partial charge in [-0.3, -0.25) is 0 Å². The van der Waals surface area contributed by atoms with Gasteiger partial charge in [-0.05, 0) is 36.2 Å². The average Bonchev–Trinajstić information content (AvgIpc) is 2.45. The van der Waals surface area contributed by atoms with Crippen LogP contribution in [0.15, 0.2) is 54.6 Å². The second-order valence-corrected chi connectivity index (χ2v) is 4.41. The highest BCUT2D eigenvalue weighted by Crippen LogP contribution is 2.05. The van der Waals surface area contributed by atoms with E-state index in [1.807, 2.05) is 30.3 Å². The summed E-state index contributed by atoms with van der Waals surface area (Å²) >= 11 is 0. The normalized spacial score (nSPS) is 10.3. The Balaban J connectivity index is 1.75. The second kappa shape index (κ2) is 6.71. The molecule has 0 aliphatic rings. The number of rotatable bonds is 6. The summed E-state index contributed by atoms with van der Waals surface area (Å²) in [5.41, 5.74) is 2.75. The summed E-state index contributed by atoms with van der Waals surface area (Å²) in [7, 11) is 0. The highest BCUT2D eigenvalue weighted by Gasteiger charge is 2.01. The minimum absolute atomic E-state index is 0.334. The van der Waals surface area contributed by atoms with Gasteiger partial charge in [0.25, 0.3) is 0 Å². The predicted molar refractivity (Wildman–Crippen MR) is 75.3 cm³/mol. The fourth-order valence-electron chi connectivity index (χ4n) is 1.88. The van der Waals surface area contributed by atoms with Gasteiger partial charge in [-0.2, -0.15) is 0 Å². The van der Waals surface area contributed by atoms with Crippen molar-refractivity contribution >= 4 is 5.97 Å².